The lowest BCUT2D eigenvalue weighted by molar-refractivity contribution is 0.266. The van der Waals surface area contributed by atoms with Gasteiger partial charge in [0.05, 0.1) is 16.4 Å². The van der Waals surface area contributed by atoms with Crippen molar-refractivity contribution in [1.29, 1.82) is 0 Å². The Morgan fingerprint density at radius 1 is 1.56 bits per heavy atom. The molecule has 0 bridgehead atoms. The molecule has 0 fully saturated rings. The van der Waals surface area contributed by atoms with E-state index in [9.17, 15) is 4.39 Å². The summed E-state index contributed by atoms with van der Waals surface area (Å²) in [7, 11) is 0. The van der Waals surface area contributed by atoms with Gasteiger partial charge < -0.3 is 16.2 Å². The minimum atomic E-state index is -0.520. The second kappa shape index (κ2) is 5.92. The molecule has 1 rings (SSSR count). The number of aliphatic hydroxyl groups is 1. The largest absolute Gasteiger partial charge is 0.397 e. The molecule has 1 aromatic carbocycles. The summed E-state index contributed by atoms with van der Waals surface area (Å²) in [6.07, 6.45) is 0.710. The van der Waals surface area contributed by atoms with Gasteiger partial charge in [-0.3, -0.25) is 0 Å². The third-order valence-electron chi connectivity index (χ3n) is 2.36. The van der Waals surface area contributed by atoms with Gasteiger partial charge in [-0.2, -0.15) is 0 Å². The minimum Gasteiger partial charge on any atom is -0.397 e. The van der Waals surface area contributed by atoms with E-state index in [1.54, 1.807) is 0 Å². The van der Waals surface area contributed by atoms with Crippen molar-refractivity contribution < 1.29 is 9.50 Å². The van der Waals surface area contributed by atoms with Crippen LogP contribution in [-0.4, -0.2) is 18.3 Å². The first-order chi connectivity index (χ1) is 7.54. The first-order valence-electron chi connectivity index (χ1n) is 5.13. The maximum absolute atomic E-state index is 13.0. The van der Waals surface area contributed by atoms with Crippen LogP contribution in [0.5, 0.6) is 0 Å². The van der Waals surface area contributed by atoms with E-state index in [2.05, 4.69) is 5.32 Å². The van der Waals surface area contributed by atoms with Crippen molar-refractivity contribution in [3.63, 3.8) is 0 Å². The Labute approximate surface area is 99.4 Å². The van der Waals surface area contributed by atoms with Gasteiger partial charge in [0.15, 0.2) is 0 Å². The Bertz CT molecular complexity index is 360. The molecule has 0 aliphatic heterocycles. The maximum atomic E-state index is 13.0. The van der Waals surface area contributed by atoms with Gasteiger partial charge in [0.1, 0.15) is 5.82 Å². The Morgan fingerprint density at radius 3 is 2.88 bits per heavy atom. The molecule has 90 valence electrons. The molecular weight excluding hydrogens is 231 g/mol. The van der Waals surface area contributed by atoms with E-state index < -0.39 is 5.82 Å². The molecule has 0 radical (unpaired) electrons. The molecule has 0 saturated carbocycles. The Kier molecular flexibility index (Phi) is 4.83. The molecule has 0 aromatic heterocycles. The van der Waals surface area contributed by atoms with Crippen molar-refractivity contribution in [2.75, 3.05) is 24.2 Å². The molecule has 0 amide bonds. The first kappa shape index (κ1) is 13.1. The fourth-order valence-corrected chi connectivity index (χ4v) is 1.49. The number of hydrogen-bond acceptors (Lipinski definition) is 3. The number of rotatable bonds is 5. The number of nitrogens with two attached hydrogens (primary N) is 1. The smallest absolute Gasteiger partial charge is 0.143 e. The highest BCUT2D eigenvalue weighted by atomic mass is 35.5. The third kappa shape index (κ3) is 3.54. The standard InChI is InChI=1S/C11H16ClFN2O/c1-7(2-3-16)6-15-11-4-8(12)9(13)5-10(11)14/h4-5,7,15-16H,2-3,6,14H2,1H3. The van der Waals surface area contributed by atoms with Gasteiger partial charge in [-0.1, -0.05) is 18.5 Å². The second-order valence-electron chi connectivity index (χ2n) is 3.85. The molecule has 1 aromatic rings. The summed E-state index contributed by atoms with van der Waals surface area (Å²) in [6, 6.07) is 2.67. The summed E-state index contributed by atoms with van der Waals surface area (Å²) in [5.74, 6) is -0.207. The van der Waals surface area contributed by atoms with Crippen molar-refractivity contribution in [2.45, 2.75) is 13.3 Å². The molecule has 1 atom stereocenters. The number of benzene rings is 1. The summed E-state index contributed by atoms with van der Waals surface area (Å²) in [5.41, 5.74) is 6.59. The lowest BCUT2D eigenvalue weighted by Gasteiger charge is -2.14. The maximum Gasteiger partial charge on any atom is 0.143 e. The quantitative estimate of drug-likeness (QED) is 0.700. The summed E-state index contributed by atoms with van der Waals surface area (Å²) >= 11 is 5.65. The van der Waals surface area contributed by atoms with Crippen LogP contribution in [0.25, 0.3) is 0 Å². The summed E-state index contributed by atoms with van der Waals surface area (Å²) in [6.45, 7) is 2.82. The van der Waals surface area contributed by atoms with Crippen LogP contribution in [0.2, 0.25) is 5.02 Å². The van der Waals surface area contributed by atoms with Crippen LogP contribution in [0.1, 0.15) is 13.3 Å². The molecule has 0 spiro atoms. The zero-order valence-electron chi connectivity index (χ0n) is 9.13. The normalized spacial score (nSPS) is 12.5. The van der Waals surface area contributed by atoms with Crippen LogP contribution >= 0.6 is 11.6 Å². The van der Waals surface area contributed by atoms with E-state index in [0.29, 0.717) is 30.3 Å². The van der Waals surface area contributed by atoms with Crippen LogP contribution in [0.3, 0.4) is 0 Å². The zero-order valence-corrected chi connectivity index (χ0v) is 9.89. The molecule has 0 aliphatic rings. The predicted molar refractivity (Wildman–Crippen MR) is 65.2 cm³/mol. The molecule has 4 N–H and O–H groups in total. The van der Waals surface area contributed by atoms with E-state index in [1.807, 2.05) is 6.92 Å². The predicted octanol–water partition coefficient (Wildman–Crippen LogP) is 2.49. The Hall–Kier alpha value is -1.00. The number of aliphatic hydroxyl groups excluding tert-OH is 1. The van der Waals surface area contributed by atoms with E-state index in [0.717, 1.165) is 0 Å². The molecule has 0 aliphatic carbocycles. The highest BCUT2D eigenvalue weighted by molar-refractivity contribution is 6.31. The van der Waals surface area contributed by atoms with Crippen LogP contribution in [0.4, 0.5) is 15.8 Å². The summed E-state index contributed by atoms with van der Waals surface area (Å²) in [4.78, 5) is 0. The van der Waals surface area contributed by atoms with Gasteiger partial charge >= 0.3 is 0 Å². The molecule has 5 heteroatoms. The monoisotopic (exact) mass is 246 g/mol. The Morgan fingerprint density at radius 2 is 2.25 bits per heavy atom. The van der Waals surface area contributed by atoms with Gasteiger partial charge in [-0.25, -0.2) is 4.39 Å². The summed E-state index contributed by atoms with van der Waals surface area (Å²) < 4.78 is 13.0. The van der Waals surface area contributed by atoms with Crippen molar-refractivity contribution in [3.05, 3.63) is 23.0 Å². The average Bonchev–Trinajstić information content (AvgIpc) is 2.22. The number of hydrogen-bond donors (Lipinski definition) is 3. The number of nitrogens with one attached hydrogen (secondary N) is 1. The fraction of sp³-hybridized carbons (Fsp3) is 0.455. The molecule has 0 saturated heterocycles. The lowest BCUT2D eigenvalue weighted by atomic mass is 10.1. The third-order valence-corrected chi connectivity index (χ3v) is 2.64. The van der Waals surface area contributed by atoms with Crippen molar-refractivity contribution in [3.8, 4) is 0 Å². The number of halogens is 2. The molecule has 3 nitrogen and oxygen atoms in total. The fourth-order valence-electron chi connectivity index (χ4n) is 1.32. The lowest BCUT2D eigenvalue weighted by Crippen LogP contribution is -2.13. The summed E-state index contributed by atoms with van der Waals surface area (Å²) in [5, 5.41) is 11.9. The number of anilines is 2. The Balaban J connectivity index is 2.63. The van der Waals surface area contributed by atoms with E-state index in [4.69, 9.17) is 22.4 Å². The van der Waals surface area contributed by atoms with E-state index >= 15 is 0 Å². The average molecular weight is 247 g/mol. The van der Waals surface area contributed by atoms with E-state index in [1.165, 1.54) is 12.1 Å². The molecule has 16 heavy (non-hydrogen) atoms. The van der Waals surface area contributed by atoms with Gasteiger partial charge in [-0.15, -0.1) is 0 Å². The number of nitrogen functional groups attached to an aromatic ring is 1. The van der Waals surface area contributed by atoms with Gasteiger partial charge in [0.2, 0.25) is 0 Å². The van der Waals surface area contributed by atoms with Crippen LogP contribution in [0, 0.1) is 11.7 Å². The van der Waals surface area contributed by atoms with Crippen LogP contribution < -0.4 is 11.1 Å². The van der Waals surface area contributed by atoms with Crippen LogP contribution in [0.15, 0.2) is 12.1 Å². The second-order valence-corrected chi connectivity index (χ2v) is 4.26. The van der Waals surface area contributed by atoms with Gasteiger partial charge in [0, 0.05) is 19.2 Å². The van der Waals surface area contributed by atoms with Gasteiger partial charge in [0.25, 0.3) is 0 Å². The molecule has 1 unspecified atom stereocenters. The highest BCUT2D eigenvalue weighted by Gasteiger charge is 2.07. The van der Waals surface area contributed by atoms with Crippen LogP contribution in [-0.2, 0) is 0 Å². The van der Waals surface area contributed by atoms with Crippen molar-refractivity contribution in [1.82, 2.24) is 0 Å². The zero-order chi connectivity index (χ0) is 12.1. The van der Waals surface area contributed by atoms with Crippen molar-refractivity contribution >= 4 is 23.0 Å². The van der Waals surface area contributed by atoms with Gasteiger partial charge in [-0.05, 0) is 18.4 Å². The topological polar surface area (TPSA) is 58.3 Å². The highest BCUT2D eigenvalue weighted by Crippen LogP contribution is 2.26. The molecule has 0 heterocycles. The SMILES string of the molecule is CC(CCO)CNc1cc(Cl)c(F)cc1N. The first-order valence-corrected chi connectivity index (χ1v) is 5.51. The molecular formula is C11H16ClFN2O. The van der Waals surface area contributed by atoms with Crippen molar-refractivity contribution in [2.24, 2.45) is 5.92 Å². The minimum absolute atomic E-state index is 0.0477. The van der Waals surface area contributed by atoms with E-state index in [-0.39, 0.29) is 11.6 Å².